The zero-order valence-electron chi connectivity index (χ0n) is 21.1. The summed E-state index contributed by atoms with van der Waals surface area (Å²) in [7, 11) is 0. The first kappa shape index (κ1) is 25.9. The van der Waals surface area contributed by atoms with E-state index in [-0.39, 0.29) is 23.5 Å². The topological polar surface area (TPSA) is 110 Å². The van der Waals surface area contributed by atoms with Crippen LogP contribution in [0.3, 0.4) is 0 Å². The number of aromatic nitrogens is 3. The smallest absolute Gasteiger partial charge is 0.299 e. The minimum absolute atomic E-state index is 0.0917. The first-order valence-electron chi connectivity index (χ1n) is 12.3. The van der Waals surface area contributed by atoms with Gasteiger partial charge in [0.05, 0.1) is 11.4 Å². The summed E-state index contributed by atoms with van der Waals surface area (Å²) in [5.74, 6) is 0.738. The van der Waals surface area contributed by atoms with Crippen LogP contribution in [0.15, 0.2) is 101 Å². The van der Waals surface area contributed by atoms with Crippen LogP contribution < -0.4 is 20.9 Å². The molecule has 0 saturated heterocycles. The number of hydrogen-bond acceptors (Lipinski definition) is 7. The molecular weight excluding hydrogens is 516 g/mol. The molecule has 0 spiro atoms. The van der Waals surface area contributed by atoms with E-state index < -0.39 is 5.56 Å². The van der Waals surface area contributed by atoms with E-state index in [1.54, 1.807) is 48.7 Å². The molecule has 1 amide bonds. The van der Waals surface area contributed by atoms with Crippen LogP contribution in [0.2, 0.25) is 0 Å². The van der Waals surface area contributed by atoms with Gasteiger partial charge in [-0.25, -0.2) is 4.98 Å². The Morgan fingerprint density at radius 1 is 1.18 bits per heavy atom. The normalized spacial score (nSPS) is 15.1. The number of rotatable bonds is 7. The summed E-state index contributed by atoms with van der Waals surface area (Å²) in [6.07, 6.45) is 5.64. The highest BCUT2D eigenvalue weighted by Crippen LogP contribution is 2.26. The average molecular weight is 541 g/mol. The van der Waals surface area contributed by atoms with Gasteiger partial charge in [-0.2, -0.15) is 4.98 Å². The summed E-state index contributed by atoms with van der Waals surface area (Å²) in [5.41, 5.74) is 1.45. The molecule has 2 aromatic carbocycles. The molecule has 3 heterocycles. The summed E-state index contributed by atoms with van der Waals surface area (Å²) in [4.78, 5) is 39.2. The maximum Gasteiger partial charge on any atom is 0.299 e. The van der Waals surface area contributed by atoms with Gasteiger partial charge in [0.1, 0.15) is 10.9 Å². The van der Waals surface area contributed by atoms with Crippen molar-refractivity contribution in [3.8, 4) is 17.2 Å². The van der Waals surface area contributed by atoms with Crippen molar-refractivity contribution in [2.45, 2.75) is 13.3 Å². The Labute approximate surface area is 229 Å². The average Bonchev–Trinajstić information content (AvgIpc) is 3.09. The molecule has 196 valence electrons. The van der Waals surface area contributed by atoms with E-state index in [9.17, 15) is 9.59 Å². The molecule has 1 atom stereocenters. The largest absolute Gasteiger partial charge is 0.452 e. The van der Waals surface area contributed by atoms with Crippen molar-refractivity contribution in [2.24, 2.45) is 10.9 Å². The molecule has 1 aliphatic heterocycles. The van der Waals surface area contributed by atoms with Crippen LogP contribution in [0.25, 0.3) is 16.7 Å². The third-order valence-corrected chi connectivity index (χ3v) is 6.31. The molecule has 0 aliphatic carbocycles. The molecule has 1 aliphatic rings. The fourth-order valence-electron chi connectivity index (χ4n) is 4.08. The van der Waals surface area contributed by atoms with Gasteiger partial charge in [-0.15, -0.1) is 0 Å². The Bertz CT molecular complexity index is 1680. The number of halogens is 1. The monoisotopic (exact) mass is 540 g/mol. The SMILES string of the molecule is C=CC(=O)Nc1cccc(-n2c(=O)c(Oc3ccccc3)cc3cnc(NC4=CC(C)CCN=C4Cl)nc32)c1. The molecule has 4 aromatic rings. The van der Waals surface area contributed by atoms with Crippen LogP contribution in [-0.2, 0) is 4.79 Å². The standard InChI is InChI=1S/C29H25ClN6O3/c1-3-25(37)33-20-8-7-9-21(16-20)36-27-19(15-24(28(36)38)39-22-10-5-4-6-11-22)17-32-29(35-27)34-23-14-18(2)12-13-31-26(23)30/h3-11,14-18H,1,12-13H2,2H3,(H,33,37)(H,32,34,35). The van der Waals surface area contributed by atoms with Crippen molar-refractivity contribution in [1.29, 1.82) is 0 Å². The number of aliphatic imine (C=N–C) groups is 1. The number of ether oxygens (including phenoxy) is 1. The zero-order valence-corrected chi connectivity index (χ0v) is 21.9. The lowest BCUT2D eigenvalue weighted by Crippen LogP contribution is -2.22. The Hall–Kier alpha value is -4.76. The van der Waals surface area contributed by atoms with Gasteiger partial charge < -0.3 is 15.4 Å². The van der Waals surface area contributed by atoms with E-state index in [1.807, 2.05) is 24.3 Å². The third-order valence-electron chi connectivity index (χ3n) is 5.99. The maximum atomic E-state index is 13.8. The van der Waals surface area contributed by atoms with Crippen LogP contribution >= 0.6 is 11.6 Å². The predicted octanol–water partition coefficient (Wildman–Crippen LogP) is 5.67. The molecule has 2 N–H and O–H groups in total. The van der Waals surface area contributed by atoms with Gasteiger partial charge >= 0.3 is 0 Å². The van der Waals surface area contributed by atoms with Crippen LogP contribution in [-0.4, -0.2) is 32.2 Å². The molecule has 0 saturated carbocycles. The zero-order chi connectivity index (χ0) is 27.4. The van der Waals surface area contributed by atoms with E-state index in [1.165, 1.54) is 10.6 Å². The summed E-state index contributed by atoms with van der Waals surface area (Å²) >= 11 is 6.39. The summed E-state index contributed by atoms with van der Waals surface area (Å²) in [6, 6.07) is 17.5. The summed E-state index contributed by atoms with van der Waals surface area (Å²) in [5, 5.41) is 6.78. The van der Waals surface area contributed by atoms with Crippen molar-refractivity contribution in [3.05, 3.63) is 102 Å². The van der Waals surface area contributed by atoms with Gasteiger partial charge in [0.2, 0.25) is 11.9 Å². The van der Waals surface area contributed by atoms with Crippen LogP contribution in [0.5, 0.6) is 11.5 Å². The fraction of sp³-hybridized carbons (Fsp3) is 0.138. The molecule has 9 nitrogen and oxygen atoms in total. The first-order chi connectivity index (χ1) is 18.9. The molecular formula is C29H25ClN6O3. The number of para-hydroxylation sites is 1. The Morgan fingerprint density at radius 2 is 2.00 bits per heavy atom. The van der Waals surface area contributed by atoms with E-state index in [2.05, 4.69) is 39.1 Å². The molecule has 2 aromatic heterocycles. The molecule has 0 bridgehead atoms. The third kappa shape index (κ3) is 5.89. The predicted molar refractivity (Wildman–Crippen MR) is 154 cm³/mol. The summed E-state index contributed by atoms with van der Waals surface area (Å²) in [6.45, 7) is 6.20. The quantitative estimate of drug-likeness (QED) is 0.292. The molecule has 1 unspecified atom stereocenters. The van der Waals surface area contributed by atoms with E-state index >= 15 is 0 Å². The van der Waals surface area contributed by atoms with Gasteiger partial charge in [-0.05, 0) is 54.8 Å². The van der Waals surface area contributed by atoms with E-state index in [0.717, 1.165) is 6.42 Å². The number of hydrogen-bond donors (Lipinski definition) is 2. The van der Waals surface area contributed by atoms with E-state index in [4.69, 9.17) is 16.3 Å². The second kappa shape index (κ2) is 11.3. The molecule has 0 radical (unpaired) electrons. The minimum atomic E-state index is -0.440. The molecule has 39 heavy (non-hydrogen) atoms. The van der Waals surface area contributed by atoms with Crippen molar-refractivity contribution in [2.75, 3.05) is 17.2 Å². The Morgan fingerprint density at radius 3 is 2.79 bits per heavy atom. The van der Waals surface area contributed by atoms with Crippen LogP contribution in [0.4, 0.5) is 11.6 Å². The van der Waals surface area contributed by atoms with Gasteiger partial charge in [-0.3, -0.25) is 19.1 Å². The number of anilines is 2. The summed E-state index contributed by atoms with van der Waals surface area (Å²) < 4.78 is 7.37. The highest BCUT2D eigenvalue weighted by Gasteiger charge is 2.18. The highest BCUT2D eigenvalue weighted by atomic mass is 35.5. The molecule has 5 rings (SSSR count). The van der Waals surface area contributed by atoms with Gasteiger partial charge in [0, 0.05) is 23.8 Å². The number of nitrogens with zero attached hydrogens (tertiary/aromatic N) is 4. The van der Waals surface area contributed by atoms with Crippen LogP contribution in [0, 0.1) is 5.92 Å². The lowest BCUT2D eigenvalue weighted by molar-refractivity contribution is -0.111. The Balaban J connectivity index is 1.65. The van der Waals surface area contributed by atoms with Crippen molar-refractivity contribution in [1.82, 2.24) is 14.5 Å². The second-order valence-electron chi connectivity index (χ2n) is 8.92. The fourth-order valence-corrected chi connectivity index (χ4v) is 4.27. The van der Waals surface area contributed by atoms with E-state index in [0.29, 0.717) is 45.6 Å². The molecule has 10 heteroatoms. The number of pyridine rings is 1. The second-order valence-corrected chi connectivity index (χ2v) is 9.28. The number of carbonyl (C=O) groups excluding carboxylic acids is 1. The number of carbonyl (C=O) groups is 1. The van der Waals surface area contributed by atoms with Crippen molar-refractivity contribution in [3.63, 3.8) is 0 Å². The first-order valence-corrected chi connectivity index (χ1v) is 12.7. The van der Waals surface area contributed by atoms with Gasteiger partial charge in [0.25, 0.3) is 5.56 Å². The maximum absolute atomic E-state index is 13.8. The van der Waals surface area contributed by atoms with Gasteiger partial charge in [0.15, 0.2) is 11.4 Å². The lowest BCUT2D eigenvalue weighted by Gasteiger charge is -2.15. The lowest BCUT2D eigenvalue weighted by atomic mass is 10.1. The van der Waals surface area contributed by atoms with Crippen molar-refractivity contribution < 1.29 is 9.53 Å². The highest BCUT2D eigenvalue weighted by molar-refractivity contribution is 6.69. The number of benzene rings is 2. The number of allylic oxidation sites excluding steroid dienone is 2. The number of fused-ring (bicyclic) bond motifs is 1. The number of amides is 1. The minimum Gasteiger partial charge on any atom is -0.452 e. The molecule has 0 fully saturated rings. The van der Waals surface area contributed by atoms with Crippen LogP contribution in [0.1, 0.15) is 13.3 Å². The van der Waals surface area contributed by atoms with Crippen molar-refractivity contribution >= 4 is 45.3 Å². The van der Waals surface area contributed by atoms with Gasteiger partial charge in [-0.1, -0.05) is 55.4 Å². The Kier molecular flexibility index (Phi) is 7.51. The number of nitrogens with one attached hydrogen (secondary N) is 2.